The van der Waals surface area contributed by atoms with Crippen LogP contribution >= 0.6 is 0 Å². The SMILES string of the molecule is O=[N+]([O-])c1cccc([N+](=O)[O-])c1NF. The lowest BCUT2D eigenvalue weighted by molar-refractivity contribution is -0.392. The summed E-state index contributed by atoms with van der Waals surface area (Å²) in [6.45, 7) is 0. The third-order valence-corrected chi connectivity index (χ3v) is 1.51. The van der Waals surface area contributed by atoms with E-state index < -0.39 is 26.9 Å². The predicted octanol–water partition coefficient (Wildman–Crippen LogP) is 1.80. The number of hydrogen-bond acceptors (Lipinski definition) is 5. The van der Waals surface area contributed by atoms with Crippen LogP contribution in [-0.2, 0) is 0 Å². The monoisotopic (exact) mass is 201 g/mol. The second kappa shape index (κ2) is 3.64. The second-order valence-electron chi connectivity index (χ2n) is 2.28. The van der Waals surface area contributed by atoms with Gasteiger partial charge in [-0.1, -0.05) is 0 Å². The van der Waals surface area contributed by atoms with E-state index >= 15 is 0 Å². The van der Waals surface area contributed by atoms with E-state index in [-0.39, 0.29) is 0 Å². The van der Waals surface area contributed by atoms with Crippen molar-refractivity contribution >= 4 is 17.1 Å². The number of nitrogens with one attached hydrogen (secondary N) is 1. The Morgan fingerprint density at radius 1 is 1.14 bits per heavy atom. The lowest BCUT2D eigenvalue weighted by Crippen LogP contribution is -1.98. The fraction of sp³-hybridized carbons (Fsp3) is 0. The van der Waals surface area contributed by atoms with Crippen molar-refractivity contribution in [1.82, 2.24) is 0 Å². The van der Waals surface area contributed by atoms with E-state index in [4.69, 9.17) is 0 Å². The van der Waals surface area contributed by atoms with Gasteiger partial charge in [0.1, 0.15) is 0 Å². The van der Waals surface area contributed by atoms with Gasteiger partial charge < -0.3 is 0 Å². The van der Waals surface area contributed by atoms with Crippen LogP contribution in [-0.4, -0.2) is 9.85 Å². The first-order chi connectivity index (χ1) is 6.57. The summed E-state index contributed by atoms with van der Waals surface area (Å²) in [4.78, 5) is 18.8. The maximum atomic E-state index is 12.1. The minimum Gasteiger partial charge on any atom is -0.258 e. The summed E-state index contributed by atoms with van der Waals surface area (Å²) in [5, 5.41) is 20.7. The van der Waals surface area contributed by atoms with E-state index in [0.717, 1.165) is 23.7 Å². The summed E-state index contributed by atoms with van der Waals surface area (Å²) in [6.07, 6.45) is 0. The molecule has 0 saturated carbocycles. The van der Waals surface area contributed by atoms with Gasteiger partial charge in [-0.25, -0.2) is 5.54 Å². The van der Waals surface area contributed by atoms with E-state index in [1.54, 1.807) is 0 Å². The molecule has 14 heavy (non-hydrogen) atoms. The highest BCUT2D eigenvalue weighted by Crippen LogP contribution is 2.33. The average Bonchev–Trinajstić information content (AvgIpc) is 2.16. The molecule has 0 heterocycles. The van der Waals surface area contributed by atoms with Gasteiger partial charge in [0.2, 0.25) is 5.69 Å². The molecule has 1 rings (SSSR count). The first-order valence-electron chi connectivity index (χ1n) is 3.36. The first kappa shape index (κ1) is 9.84. The van der Waals surface area contributed by atoms with Crippen molar-refractivity contribution in [3.8, 4) is 0 Å². The molecule has 1 aromatic rings. The fourth-order valence-electron chi connectivity index (χ4n) is 0.929. The molecule has 0 aliphatic rings. The molecule has 0 fully saturated rings. The van der Waals surface area contributed by atoms with Crippen molar-refractivity contribution in [2.45, 2.75) is 0 Å². The van der Waals surface area contributed by atoms with Crippen LogP contribution in [0.15, 0.2) is 18.2 Å². The van der Waals surface area contributed by atoms with E-state index in [9.17, 15) is 24.7 Å². The number of rotatable bonds is 3. The Balaban J connectivity index is 3.39. The molecule has 0 amide bonds. The van der Waals surface area contributed by atoms with Gasteiger partial charge in [0, 0.05) is 12.1 Å². The summed E-state index contributed by atoms with van der Waals surface area (Å²) in [5.74, 6) is 0. The zero-order chi connectivity index (χ0) is 10.7. The van der Waals surface area contributed by atoms with E-state index in [1.165, 1.54) is 0 Å². The van der Waals surface area contributed by atoms with Gasteiger partial charge in [-0.15, -0.1) is 4.48 Å². The number of nitro groups is 2. The van der Waals surface area contributed by atoms with Crippen LogP contribution in [0.25, 0.3) is 0 Å². The molecule has 0 aliphatic carbocycles. The zero-order valence-electron chi connectivity index (χ0n) is 6.64. The Kier molecular flexibility index (Phi) is 2.56. The lowest BCUT2D eigenvalue weighted by atomic mass is 10.2. The van der Waals surface area contributed by atoms with E-state index in [1.807, 2.05) is 0 Å². The van der Waals surface area contributed by atoms with Crippen LogP contribution < -0.4 is 5.54 Å². The molecule has 0 bridgehead atoms. The highest BCUT2D eigenvalue weighted by Gasteiger charge is 2.24. The van der Waals surface area contributed by atoms with Crippen LogP contribution in [0.1, 0.15) is 0 Å². The van der Waals surface area contributed by atoms with Crippen LogP contribution in [0.4, 0.5) is 21.5 Å². The van der Waals surface area contributed by atoms with Gasteiger partial charge in [0.25, 0.3) is 0 Å². The highest BCUT2D eigenvalue weighted by molar-refractivity contribution is 5.72. The van der Waals surface area contributed by atoms with Crippen LogP contribution in [0.5, 0.6) is 0 Å². The molecule has 8 heteroatoms. The molecule has 1 aromatic carbocycles. The molecule has 0 atom stereocenters. The number of hydrogen-bond donors (Lipinski definition) is 1. The lowest BCUT2D eigenvalue weighted by Gasteiger charge is -1.99. The molecule has 7 nitrogen and oxygen atoms in total. The molecular formula is C6H4FN3O4. The van der Waals surface area contributed by atoms with E-state index in [0.29, 0.717) is 0 Å². The fourth-order valence-corrected chi connectivity index (χ4v) is 0.929. The van der Waals surface area contributed by atoms with Crippen LogP contribution in [0.3, 0.4) is 0 Å². The van der Waals surface area contributed by atoms with Crippen molar-refractivity contribution in [3.05, 3.63) is 38.4 Å². The zero-order valence-corrected chi connectivity index (χ0v) is 6.64. The topological polar surface area (TPSA) is 98.3 Å². The van der Waals surface area contributed by atoms with Crippen molar-refractivity contribution in [2.75, 3.05) is 5.54 Å². The highest BCUT2D eigenvalue weighted by atomic mass is 19.2. The summed E-state index contributed by atoms with van der Waals surface area (Å²) in [5.41, 5.74) is -1.16. The summed E-state index contributed by atoms with van der Waals surface area (Å²) in [6, 6.07) is 3.04. The maximum absolute atomic E-state index is 12.1. The van der Waals surface area contributed by atoms with Crippen LogP contribution in [0, 0.1) is 20.2 Å². The van der Waals surface area contributed by atoms with Gasteiger partial charge in [0.05, 0.1) is 9.85 Å². The molecule has 0 radical (unpaired) electrons. The van der Waals surface area contributed by atoms with Gasteiger partial charge in [-0.2, -0.15) is 0 Å². The summed E-state index contributed by atoms with van der Waals surface area (Å²) < 4.78 is 12.1. The van der Waals surface area contributed by atoms with Crippen molar-refractivity contribution in [3.63, 3.8) is 0 Å². The Hall–Kier alpha value is -2.25. The maximum Gasteiger partial charge on any atom is 0.302 e. The molecule has 0 aliphatic heterocycles. The number of nitro benzene ring substituents is 2. The third kappa shape index (κ3) is 1.58. The van der Waals surface area contributed by atoms with Crippen molar-refractivity contribution in [1.29, 1.82) is 0 Å². The largest absolute Gasteiger partial charge is 0.302 e. The van der Waals surface area contributed by atoms with Gasteiger partial charge in [-0.05, 0) is 6.07 Å². The number of anilines is 1. The molecule has 74 valence electrons. The number of benzene rings is 1. The third-order valence-electron chi connectivity index (χ3n) is 1.51. The Bertz CT molecular complexity index is 362. The van der Waals surface area contributed by atoms with Crippen molar-refractivity contribution in [2.24, 2.45) is 0 Å². The minimum atomic E-state index is -0.908. The van der Waals surface area contributed by atoms with Crippen molar-refractivity contribution < 1.29 is 14.3 Å². The molecule has 0 aromatic heterocycles. The standard InChI is InChI=1S/C6H4FN3O4/c7-8-6-4(9(11)12)2-1-3-5(6)10(13)14/h1-3,8H. The predicted molar refractivity (Wildman–Crippen MR) is 44.5 cm³/mol. The van der Waals surface area contributed by atoms with E-state index in [2.05, 4.69) is 0 Å². The van der Waals surface area contributed by atoms with Crippen LogP contribution in [0.2, 0.25) is 0 Å². The Morgan fingerprint density at radius 3 is 1.86 bits per heavy atom. The quantitative estimate of drug-likeness (QED) is 0.456. The minimum absolute atomic E-state index is 0.679. The second-order valence-corrected chi connectivity index (χ2v) is 2.28. The molecular weight excluding hydrogens is 197 g/mol. The first-order valence-corrected chi connectivity index (χ1v) is 3.36. The number of nitrogens with zero attached hydrogens (tertiary/aromatic N) is 2. The Morgan fingerprint density at radius 2 is 1.57 bits per heavy atom. The smallest absolute Gasteiger partial charge is 0.258 e. The molecule has 0 saturated heterocycles. The number of para-hydroxylation sites is 1. The van der Waals surface area contributed by atoms with Gasteiger partial charge >= 0.3 is 11.4 Å². The Labute approximate surface area is 76.4 Å². The van der Waals surface area contributed by atoms with Gasteiger partial charge in [0.15, 0.2) is 0 Å². The summed E-state index contributed by atoms with van der Waals surface area (Å²) >= 11 is 0. The average molecular weight is 201 g/mol. The normalized spacial score (nSPS) is 9.50. The van der Waals surface area contributed by atoms with Gasteiger partial charge in [-0.3, -0.25) is 20.2 Å². The molecule has 0 spiro atoms. The summed E-state index contributed by atoms with van der Waals surface area (Å²) in [7, 11) is 0. The molecule has 0 unspecified atom stereocenters. The molecule has 1 N–H and O–H groups in total. The number of halogens is 1.